The van der Waals surface area contributed by atoms with E-state index < -0.39 is 8.07 Å². The highest BCUT2D eigenvalue weighted by Crippen LogP contribution is 2.49. The van der Waals surface area contributed by atoms with E-state index in [0.717, 1.165) is 56.2 Å². The lowest BCUT2D eigenvalue weighted by Crippen LogP contribution is -2.37. The van der Waals surface area contributed by atoms with E-state index >= 15 is 4.39 Å². The average molecular weight is 939 g/mol. The van der Waals surface area contributed by atoms with Gasteiger partial charge in [-0.3, -0.25) is 0 Å². The van der Waals surface area contributed by atoms with Crippen molar-refractivity contribution in [3.05, 3.63) is 248 Å². The molecular weight excluding hydrogens is 888 g/mol. The molecule has 12 rings (SSSR count). The van der Waals surface area contributed by atoms with Crippen molar-refractivity contribution in [2.24, 2.45) is 0 Å². The van der Waals surface area contributed by atoms with Crippen LogP contribution in [0, 0.1) is 5.82 Å². The van der Waals surface area contributed by atoms with Crippen molar-refractivity contribution in [1.29, 1.82) is 0 Å². The minimum atomic E-state index is -1.44. The van der Waals surface area contributed by atoms with Gasteiger partial charge in [0.15, 0.2) is 0 Å². The van der Waals surface area contributed by atoms with Crippen LogP contribution in [0.3, 0.4) is 0 Å². The molecule has 0 amide bonds. The van der Waals surface area contributed by atoms with Gasteiger partial charge in [-0.1, -0.05) is 183 Å². The van der Waals surface area contributed by atoms with Crippen LogP contribution in [-0.4, -0.2) is 8.07 Å². The van der Waals surface area contributed by atoms with Gasteiger partial charge in [0.25, 0.3) is 0 Å². The summed E-state index contributed by atoms with van der Waals surface area (Å²) < 4.78 is 19.7. The molecule has 0 N–H and O–H groups in total. The van der Waals surface area contributed by atoms with Gasteiger partial charge in [-0.05, 0) is 124 Å². The third kappa shape index (κ3) is 7.91. The molecular formula is C65H51FN2SSi. The number of fused-ring (bicyclic) bond motifs is 8. The number of hydrogen-bond donors (Lipinski definition) is 0. The summed E-state index contributed by atoms with van der Waals surface area (Å²) in [6, 6.07) is 75.7. The van der Waals surface area contributed by atoms with Crippen molar-refractivity contribution in [2.45, 2.75) is 32.0 Å². The molecule has 10 aromatic carbocycles. The van der Waals surface area contributed by atoms with Crippen LogP contribution < -0.4 is 15.0 Å². The summed E-state index contributed by atoms with van der Waals surface area (Å²) in [6.45, 7) is 7.19. The molecule has 0 saturated carbocycles. The third-order valence-electron chi connectivity index (χ3n) is 14.0. The Morgan fingerprint density at radius 1 is 0.471 bits per heavy atom. The van der Waals surface area contributed by atoms with Gasteiger partial charge in [-0.25, -0.2) is 4.39 Å². The zero-order valence-electron chi connectivity index (χ0n) is 39.5. The first-order valence-corrected chi connectivity index (χ1v) is 28.5. The fraction of sp³-hybridized carbons (Fsp3) is 0.0769. The van der Waals surface area contributed by atoms with Crippen LogP contribution in [-0.2, 0) is 0 Å². The summed E-state index contributed by atoms with van der Waals surface area (Å²) in [5.74, 6) is -0.139. The number of halogens is 1. The second-order valence-corrected chi connectivity index (χ2v) is 25.5. The average Bonchev–Trinajstić information content (AvgIpc) is 3.80. The lowest BCUT2D eigenvalue weighted by atomic mass is 9.89. The van der Waals surface area contributed by atoms with Crippen LogP contribution in [0.5, 0.6) is 0 Å². The van der Waals surface area contributed by atoms with Gasteiger partial charge in [-0.2, -0.15) is 0 Å². The number of nitrogens with zero attached hydrogens (tertiary/aromatic N) is 2. The molecule has 1 atom stereocenters. The Kier molecular flexibility index (Phi) is 11.1. The van der Waals surface area contributed by atoms with Crippen LogP contribution in [0.25, 0.3) is 64.0 Å². The second-order valence-electron chi connectivity index (χ2n) is 19.4. The van der Waals surface area contributed by atoms with E-state index in [1.165, 1.54) is 53.3 Å². The number of para-hydroxylation sites is 2. The predicted molar refractivity (Wildman–Crippen MR) is 303 cm³/mol. The van der Waals surface area contributed by atoms with Crippen molar-refractivity contribution in [1.82, 2.24) is 0 Å². The van der Waals surface area contributed by atoms with Gasteiger partial charge in [0.2, 0.25) is 0 Å². The van der Waals surface area contributed by atoms with Gasteiger partial charge < -0.3 is 9.80 Å². The molecule has 5 heteroatoms. The lowest BCUT2D eigenvalue weighted by Gasteiger charge is -2.29. The summed E-state index contributed by atoms with van der Waals surface area (Å²) in [6.07, 6.45) is 9.31. The normalized spacial score (nSPS) is 13.7. The minimum absolute atomic E-state index is 0.108. The smallest absolute Gasteiger partial charge is 0.148 e. The molecule has 70 heavy (non-hydrogen) atoms. The first-order valence-electron chi connectivity index (χ1n) is 24.2. The Labute approximate surface area is 414 Å². The Bertz CT molecular complexity index is 3780. The highest BCUT2D eigenvalue weighted by atomic mass is 32.1. The van der Waals surface area contributed by atoms with E-state index in [4.69, 9.17) is 0 Å². The molecule has 338 valence electrons. The van der Waals surface area contributed by atoms with Crippen molar-refractivity contribution in [3.8, 4) is 22.3 Å². The van der Waals surface area contributed by atoms with Crippen molar-refractivity contribution >= 4 is 100 Å². The van der Waals surface area contributed by atoms with Crippen LogP contribution in [0.2, 0.25) is 19.6 Å². The quantitative estimate of drug-likeness (QED) is 0.0996. The van der Waals surface area contributed by atoms with Crippen LogP contribution in [0.1, 0.15) is 17.9 Å². The van der Waals surface area contributed by atoms with E-state index in [-0.39, 0.29) is 11.7 Å². The molecule has 0 radical (unpaired) electrons. The highest BCUT2D eigenvalue weighted by molar-refractivity contribution is 7.27. The highest BCUT2D eigenvalue weighted by Gasteiger charge is 2.26. The van der Waals surface area contributed by atoms with Gasteiger partial charge in [0.05, 0.1) is 13.8 Å². The zero-order valence-corrected chi connectivity index (χ0v) is 41.3. The summed E-state index contributed by atoms with van der Waals surface area (Å²) >= 11 is 1.82. The summed E-state index contributed by atoms with van der Waals surface area (Å²) in [5, 5.41) is 8.83. The number of anilines is 6. The molecule has 0 fully saturated rings. The van der Waals surface area contributed by atoms with Crippen LogP contribution >= 0.6 is 11.3 Å². The van der Waals surface area contributed by atoms with E-state index in [0.29, 0.717) is 5.69 Å². The number of rotatable bonds is 10. The molecule has 1 aliphatic rings. The maximum atomic E-state index is 17.3. The molecule has 1 aliphatic carbocycles. The van der Waals surface area contributed by atoms with E-state index in [2.05, 4.69) is 224 Å². The molecule has 2 nitrogen and oxygen atoms in total. The van der Waals surface area contributed by atoms with Crippen LogP contribution in [0.15, 0.2) is 237 Å². The largest absolute Gasteiger partial charge is 0.311 e. The van der Waals surface area contributed by atoms with Gasteiger partial charge >= 0.3 is 0 Å². The molecule has 0 spiro atoms. The monoisotopic (exact) mass is 938 g/mol. The minimum Gasteiger partial charge on any atom is -0.311 e. The molecule has 0 aliphatic heterocycles. The number of thiophene rings is 1. The Balaban J connectivity index is 0.968. The maximum absolute atomic E-state index is 17.3. The lowest BCUT2D eigenvalue weighted by molar-refractivity contribution is 0.625. The second kappa shape index (κ2) is 17.9. The Morgan fingerprint density at radius 2 is 1.06 bits per heavy atom. The molecule has 0 saturated heterocycles. The van der Waals surface area contributed by atoms with Gasteiger partial charge in [-0.15, -0.1) is 11.3 Å². The number of allylic oxidation sites excluding steroid dienone is 4. The molecule has 0 bridgehead atoms. The fourth-order valence-electron chi connectivity index (χ4n) is 10.4. The summed E-state index contributed by atoms with van der Waals surface area (Å²) in [4.78, 5) is 4.45. The zero-order chi connectivity index (χ0) is 47.3. The van der Waals surface area contributed by atoms with Crippen molar-refractivity contribution in [3.63, 3.8) is 0 Å². The first-order chi connectivity index (χ1) is 34.3. The van der Waals surface area contributed by atoms with E-state index in [9.17, 15) is 0 Å². The Hall–Kier alpha value is -7.83. The molecule has 11 aromatic rings. The third-order valence-corrected chi connectivity index (χ3v) is 17.2. The standard InChI is InChI=1S/C65H51FN2SSi/c1-70(2,3)54-36-33-52(34-37-54)67(49-22-12-6-13-23-49)51-31-28-45(29-32-51)47-30-38-57-60(40-47)55-26-16-17-27-56(55)63-58-39-35-53(43-62(58)69-65(57)63)68(50-24-14-7-15-25-50)64-59(46-20-10-5-11-21-46)41-48(42-61(64)66)44-18-8-4-9-19-44/h4-18,20-44H,19H2,1-3H3. The molecule has 1 unspecified atom stereocenters. The first kappa shape index (κ1) is 43.4. The molecule has 1 aromatic heterocycles. The fourth-order valence-corrected chi connectivity index (χ4v) is 12.9. The molecule has 1 heterocycles. The number of hydrogen-bond acceptors (Lipinski definition) is 3. The Morgan fingerprint density at radius 3 is 1.73 bits per heavy atom. The van der Waals surface area contributed by atoms with Crippen LogP contribution in [0.4, 0.5) is 38.5 Å². The SMILES string of the molecule is C[Si](C)(C)c1ccc(N(c2ccccc2)c2ccc(-c3ccc4c(c3)c3ccccc3c3c5ccc(N(c6ccccc6)c6c(F)cc(C7C=CC=CC7)cc6-c6ccccc6)cc5sc43)cc2)cc1. The summed E-state index contributed by atoms with van der Waals surface area (Å²) in [7, 11) is -1.44. The topological polar surface area (TPSA) is 6.48 Å². The van der Waals surface area contributed by atoms with E-state index in [1.54, 1.807) is 6.07 Å². The number of benzene rings is 10. The summed E-state index contributed by atoms with van der Waals surface area (Å²) in [5.41, 5.74) is 10.9. The van der Waals surface area contributed by atoms with Crippen molar-refractivity contribution in [2.75, 3.05) is 9.80 Å². The predicted octanol–water partition coefficient (Wildman–Crippen LogP) is 18.9. The van der Waals surface area contributed by atoms with E-state index in [1.807, 2.05) is 47.7 Å². The van der Waals surface area contributed by atoms with Crippen molar-refractivity contribution < 1.29 is 4.39 Å². The van der Waals surface area contributed by atoms with Gasteiger partial charge in [0, 0.05) is 65.5 Å². The van der Waals surface area contributed by atoms with Gasteiger partial charge in [0.1, 0.15) is 5.82 Å². The maximum Gasteiger partial charge on any atom is 0.148 e.